The van der Waals surface area contributed by atoms with Crippen molar-refractivity contribution in [3.8, 4) is 17.2 Å². The summed E-state index contributed by atoms with van der Waals surface area (Å²) in [5.41, 5.74) is 0.810. The van der Waals surface area contributed by atoms with Crippen molar-refractivity contribution in [1.29, 1.82) is 0 Å². The number of aryl methyl sites for hydroxylation is 1. The lowest BCUT2D eigenvalue weighted by molar-refractivity contribution is -0.123. The summed E-state index contributed by atoms with van der Waals surface area (Å²) in [5, 5.41) is 2.77. The molecule has 0 saturated carbocycles. The summed E-state index contributed by atoms with van der Waals surface area (Å²) >= 11 is 0. The predicted molar refractivity (Wildman–Crippen MR) is 115 cm³/mol. The van der Waals surface area contributed by atoms with Crippen molar-refractivity contribution < 1.29 is 28.5 Å². The number of carbonyl (C=O) groups is 2. The molecule has 0 bridgehead atoms. The fourth-order valence-electron chi connectivity index (χ4n) is 2.54. The number of amides is 1. The van der Waals surface area contributed by atoms with E-state index in [-0.39, 0.29) is 30.4 Å². The molecule has 0 fully saturated rings. The SMILES string of the molecule is COc1cc(NC(=O)C(C)(C)C)c(C(=O)OCCOc2ccccc2C)cc1OC. The number of ether oxygens (including phenoxy) is 4. The van der Waals surface area contributed by atoms with Gasteiger partial charge >= 0.3 is 5.97 Å². The van der Waals surface area contributed by atoms with Gasteiger partial charge < -0.3 is 24.3 Å². The predicted octanol–water partition coefficient (Wildman–Crippen LogP) is 4.23. The quantitative estimate of drug-likeness (QED) is 0.513. The van der Waals surface area contributed by atoms with E-state index in [2.05, 4.69) is 5.32 Å². The topological polar surface area (TPSA) is 83.1 Å². The molecule has 0 aliphatic carbocycles. The van der Waals surface area contributed by atoms with Gasteiger partial charge in [0.1, 0.15) is 19.0 Å². The summed E-state index contributed by atoms with van der Waals surface area (Å²) in [6.07, 6.45) is 0. The van der Waals surface area contributed by atoms with E-state index in [1.165, 1.54) is 20.3 Å². The maximum Gasteiger partial charge on any atom is 0.340 e. The number of nitrogens with one attached hydrogen (secondary N) is 1. The number of hydrogen-bond donors (Lipinski definition) is 1. The zero-order chi connectivity index (χ0) is 22.3. The molecule has 1 amide bonds. The number of benzene rings is 2. The van der Waals surface area contributed by atoms with Crippen LogP contribution in [0.4, 0.5) is 5.69 Å². The van der Waals surface area contributed by atoms with Crippen LogP contribution in [0.15, 0.2) is 36.4 Å². The van der Waals surface area contributed by atoms with Gasteiger partial charge in [0.25, 0.3) is 0 Å². The molecular weight excluding hydrogens is 386 g/mol. The third-order valence-corrected chi connectivity index (χ3v) is 4.34. The number of esters is 1. The Morgan fingerprint density at radius 1 is 0.933 bits per heavy atom. The Morgan fingerprint density at radius 2 is 1.57 bits per heavy atom. The highest BCUT2D eigenvalue weighted by Gasteiger charge is 2.25. The van der Waals surface area contributed by atoms with E-state index in [0.717, 1.165) is 11.3 Å². The molecule has 0 heterocycles. The highest BCUT2D eigenvalue weighted by atomic mass is 16.6. The lowest BCUT2D eigenvalue weighted by Crippen LogP contribution is -2.28. The van der Waals surface area contributed by atoms with E-state index in [1.807, 2.05) is 31.2 Å². The lowest BCUT2D eigenvalue weighted by Gasteiger charge is -2.20. The average molecular weight is 415 g/mol. The van der Waals surface area contributed by atoms with Gasteiger partial charge in [-0.25, -0.2) is 4.79 Å². The van der Waals surface area contributed by atoms with Gasteiger partial charge in [-0.15, -0.1) is 0 Å². The summed E-state index contributed by atoms with van der Waals surface area (Å²) in [6.45, 7) is 7.54. The first kappa shape index (κ1) is 23.1. The van der Waals surface area contributed by atoms with Crippen molar-refractivity contribution >= 4 is 17.6 Å². The first-order chi connectivity index (χ1) is 14.2. The Labute approximate surface area is 177 Å². The molecule has 2 aromatic carbocycles. The second-order valence-corrected chi connectivity index (χ2v) is 7.71. The smallest absolute Gasteiger partial charge is 0.340 e. The molecule has 1 N–H and O–H groups in total. The Balaban J connectivity index is 2.15. The largest absolute Gasteiger partial charge is 0.493 e. The van der Waals surface area contributed by atoms with Gasteiger partial charge in [-0.1, -0.05) is 39.0 Å². The molecule has 0 aromatic heterocycles. The van der Waals surface area contributed by atoms with Crippen LogP contribution in [-0.4, -0.2) is 39.3 Å². The van der Waals surface area contributed by atoms with Gasteiger partial charge in [-0.3, -0.25) is 4.79 Å². The lowest BCUT2D eigenvalue weighted by atomic mass is 9.95. The van der Waals surface area contributed by atoms with Crippen molar-refractivity contribution in [3.63, 3.8) is 0 Å². The highest BCUT2D eigenvalue weighted by Crippen LogP contribution is 2.34. The van der Waals surface area contributed by atoms with Crippen molar-refractivity contribution in [3.05, 3.63) is 47.5 Å². The molecular formula is C23H29NO6. The molecule has 2 aromatic rings. The van der Waals surface area contributed by atoms with E-state index in [9.17, 15) is 9.59 Å². The summed E-state index contributed by atoms with van der Waals surface area (Å²) in [5.74, 6) is 0.633. The Hall–Kier alpha value is -3.22. The van der Waals surface area contributed by atoms with Crippen LogP contribution in [0.1, 0.15) is 36.7 Å². The van der Waals surface area contributed by atoms with Gasteiger partial charge in [0.2, 0.25) is 5.91 Å². The fraction of sp³-hybridized carbons (Fsp3) is 0.391. The van der Waals surface area contributed by atoms with Crippen LogP contribution in [-0.2, 0) is 9.53 Å². The second-order valence-electron chi connectivity index (χ2n) is 7.71. The third kappa shape index (κ3) is 5.89. The average Bonchev–Trinajstić information content (AvgIpc) is 2.71. The number of anilines is 1. The van der Waals surface area contributed by atoms with Crippen molar-refractivity contribution in [1.82, 2.24) is 0 Å². The zero-order valence-electron chi connectivity index (χ0n) is 18.3. The highest BCUT2D eigenvalue weighted by molar-refractivity contribution is 6.03. The fourth-order valence-corrected chi connectivity index (χ4v) is 2.54. The van der Waals surface area contributed by atoms with Gasteiger partial charge in [-0.2, -0.15) is 0 Å². The normalized spacial score (nSPS) is 10.9. The summed E-state index contributed by atoms with van der Waals surface area (Å²) in [7, 11) is 2.95. The van der Waals surface area contributed by atoms with E-state index in [1.54, 1.807) is 26.8 Å². The van der Waals surface area contributed by atoms with Crippen LogP contribution in [0, 0.1) is 12.3 Å². The van der Waals surface area contributed by atoms with Gasteiger partial charge in [0.05, 0.1) is 25.5 Å². The maximum atomic E-state index is 12.7. The molecule has 0 unspecified atom stereocenters. The van der Waals surface area contributed by atoms with Crippen LogP contribution in [0.5, 0.6) is 17.2 Å². The van der Waals surface area contributed by atoms with E-state index < -0.39 is 11.4 Å². The van der Waals surface area contributed by atoms with Crippen LogP contribution in [0.3, 0.4) is 0 Å². The standard InChI is InChI=1S/C23H29NO6/c1-15-9-7-8-10-18(15)29-11-12-30-21(25)16-13-19(27-5)20(28-6)14-17(16)24-22(26)23(2,3)4/h7-10,13-14H,11-12H2,1-6H3,(H,24,26). The minimum absolute atomic E-state index is 0.0498. The molecule has 162 valence electrons. The molecule has 0 atom stereocenters. The summed E-state index contributed by atoms with van der Waals surface area (Å²) < 4.78 is 21.6. The molecule has 0 radical (unpaired) electrons. The van der Waals surface area contributed by atoms with Crippen LogP contribution < -0.4 is 19.5 Å². The number of rotatable bonds is 8. The van der Waals surface area contributed by atoms with E-state index in [4.69, 9.17) is 18.9 Å². The van der Waals surface area contributed by atoms with Crippen molar-refractivity contribution in [2.45, 2.75) is 27.7 Å². The minimum atomic E-state index is -0.643. The van der Waals surface area contributed by atoms with Gasteiger partial charge in [0.15, 0.2) is 11.5 Å². The molecule has 0 aliphatic rings. The van der Waals surface area contributed by atoms with Crippen LogP contribution in [0.2, 0.25) is 0 Å². The number of para-hydroxylation sites is 1. The molecule has 0 saturated heterocycles. The molecule has 7 nitrogen and oxygen atoms in total. The van der Waals surface area contributed by atoms with Crippen LogP contribution >= 0.6 is 0 Å². The Morgan fingerprint density at radius 3 is 2.17 bits per heavy atom. The summed E-state index contributed by atoms with van der Waals surface area (Å²) in [6, 6.07) is 10.6. The number of methoxy groups -OCH3 is 2. The van der Waals surface area contributed by atoms with E-state index >= 15 is 0 Å². The van der Waals surface area contributed by atoms with Crippen molar-refractivity contribution in [2.24, 2.45) is 5.41 Å². The Kier molecular flexibility index (Phi) is 7.69. The molecule has 7 heteroatoms. The zero-order valence-corrected chi connectivity index (χ0v) is 18.3. The van der Waals surface area contributed by atoms with Crippen LogP contribution in [0.25, 0.3) is 0 Å². The first-order valence-corrected chi connectivity index (χ1v) is 9.60. The van der Waals surface area contributed by atoms with E-state index in [0.29, 0.717) is 11.5 Å². The number of hydrogen-bond acceptors (Lipinski definition) is 6. The number of carbonyl (C=O) groups excluding carboxylic acids is 2. The van der Waals surface area contributed by atoms with Gasteiger partial charge in [-0.05, 0) is 18.6 Å². The van der Waals surface area contributed by atoms with Gasteiger partial charge in [0, 0.05) is 17.5 Å². The minimum Gasteiger partial charge on any atom is -0.493 e. The summed E-state index contributed by atoms with van der Waals surface area (Å²) in [4.78, 5) is 25.2. The molecule has 0 spiro atoms. The first-order valence-electron chi connectivity index (χ1n) is 9.60. The maximum absolute atomic E-state index is 12.7. The monoisotopic (exact) mass is 415 g/mol. The molecule has 30 heavy (non-hydrogen) atoms. The Bertz CT molecular complexity index is 901. The molecule has 0 aliphatic heterocycles. The second kappa shape index (κ2) is 10.0. The third-order valence-electron chi connectivity index (χ3n) is 4.34. The van der Waals surface area contributed by atoms with Crippen molar-refractivity contribution in [2.75, 3.05) is 32.8 Å². The molecule has 2 rings (SSSR count).